The zero-order valence-corrected chi connectivity index (χ0v) is 23.7. The van der Waals surface area contributed by atoms with E-state index in [9.17, 15) is 18.8 Å². The van der Waals surface area contributed by atoms with E-state index in [2.05, 4.69) is 15.3 Å². The lowest BCUT2D eigenvalue weighted by atomic mass is 9.96. The Morgan fingerprint density at radius 2 is 1.74 bits per heavy atom. The fraction of sp³-hybridized carbons (Fsp3) is 0.391. The van der Waals surface area contributed by atoms with Crippen molar-refractivity contribution >= 4 is 64.2 Å². The summed E-state index contributed by atoms with van der Waals surface area (Å²) in [6, 6.07) is 1.69. The summed E-state index contributed by atoms with van der Waals surface area (Å²) in [5.41, 5.74) is 1.61. The maximum atomic E-state index is 14.1. The number of rotatable bonds is 8. The smallest absolute Gasteiger partial charge is 0.303 e. The molecule has 208 valence electrons. The van der Waals surface area contributed by atoms with Gasteiger partial charge in [-0.25, -0.2) is 14.1 Å². The molecular weight excluding hydrogens is 598 g/mol. The monoisotopic (exact) mass is 618 g/mol. The summed E-state index contributed by atoms with van der Waals surface area (Å²) in [5, 5.41) is 9.70. The van der Waals surface area contributed by atoms with Crippen LogP contribution in [0.2, 0.25) is 10.0 Å². The number of halogens is 3. The van der Waals surface area contributed by atoms with Crippen LogP contribution in [0.4, 0.5) is 4.39 Å². The van der Waals surface area contributed by atoms with E-state index in [0.717, 1.165) is 11.8 Å². The highest BCUT2D eigenvalue weighted by Gasteiger charge is 2.52. The number of nitrogens with zero attached hydrogens (tertiary/aromatic N) is 4. The maximum Gasteiger partial charge on any atom is 0.303 e. The van der Waals surface area contributed by atoms with Crippen molar-refractivity contribution < 1.29 is 37.7 Å². The third-order valence-corrected chi connectivity index (χ3v) is 7.65. The highest BCUT2D eigenvalue weighted by Crippen LogP contribution is 2.42. The quantitative estimate of drug-likeness (QED) is 0.203. The van der Waals surface area contributed by atoms with E-state index in [0.29, 0.717) is 16.3 Å². The lowest BCUT2D eigenvalue weighted by Crippen LogP contribution is -2.57. The highest BCUT2D eigenvalue weighted by atomic mass is 35.5. The number of esters is 3. The van der Waals surface area contributed by atoms with Crippen LogP contribution in [0.15, 0.2) is 34.1 Å². The molecule has 4 rings (SSSR count). The van der Waals surface area contributed by atoms with Crippen molar-refractivity contribution in [1.29, 1.82) is 0 Å². The largest absolute Gasteiger partial charge is 0.463 e. The molecule has 1 aromatic carbocycles. The Balaban J connectivity index is 1.80. The van der Waals surface area contributed by atoms with Crippen LogP contribution in [0, 0.1) is 5.82 Å². The molecule has 3 heterocycles. The van der Waals surface area contributed by atoms with Crippen LogP contribution >= 0.6 is 46.3 Å². The minimum Gasteiger partial charge on any atom is -0.463 e. The topological polar surface area (TPSA) is 132 Å². The van der Waals surface area contributed by atoms with Gasteiger partial charge in [0.2, 0.25) is 0 Å². The van der Waals surface area contributed by atoms with Crippen molar-refractivity contribution in [1.82, 2.24) is 20.0 Å². The zero-order chi connectivity index (χ0) is 28.3. The first-order valence-corrected chi connectivity index (χ1v) is 13.9. The normalized spacial score (nSPS) is 22.8. The Labute approximate surface area is 239 Å². The zero-order valence-electron chi connectivity index (χ0n) is 20.6. The first kappa shape index (κ1) is 29.2. The molecule has 1 aliphatic rings. The van der Waals surface area contributed by atoms with Gasteiger partial charge in [-0.15, -0.1) is 16.4 Å². The van der Waals surface area contributed by atoms with E-state index >= 15 is 0 Å². The first-order chi connectivity index (χ1) is 18.5. The molecule has 2 aromatic heterocycles. The van der Waals surface area contributed by atoms with Gasteiger partial charge in [-0.05, 0) is 12.1 Å². The van der Waals surface area contributed by atoms with Gasteiger partial charge in [0, 0.05) is 31.0 Å². The molecule has 0 amide bonds. The van der Waals surface area contributed by atoms with Crippen LogP contribution in [0.3, 0.4) is 0 Å². The fourth-order valence-electron chi connectivity index (χ4n) is 3.89. The highest BCUT2D eigenvalue weighted by molar-refractivity contribution is 7.99. The molecule has 3 aromatic rings. The Bertz CT molecular complexity index is 1340. The van der Waals surface area contributed by atoms with Crippen LogP contribution in [0.25, 0.3) is 11.4 Å². The second kappa shape index (κ2) is 12.6. The summed E-state index contributed by atoms with van der Waals surface area (Å²) >= 11 is 14.4. The van der Waals surface area contributed by atoms with Crippen molar-refractivity contribution in [2.75, 3.05) is 6.61 Å². The maximum absolute atomic E-state index is 14.1. The number of ether oxygens (including phenoxy) is 4. The van der Waals surface area contributed by atoms with Crippen LogP contribution in [-0.2, 0) is 33.3 Å². The summed E-state index contributed by atoms with van der Waals surface area (Å²) in [7, 11) is 0. The number of benzene rings is 1. The molecule has 16 heteroatoms. The number of hydrogen-bond donors (Lipinski definition) is 0. The molecule has 0 radical (unpaired) electrons. The molecule has 0 N–H and O–H groups in total. The van der Waals surface area contributed by atoms with Gasteiger partial charge in [-0.3, -0.25) is 14.4 Å². The second-order valence-corrected chi connectivity index (χ2v) is 11.0. The summed E-state index contributed by atoms with van der Waals surface area (Å²) in [4.78, 5) is 40.7. The molecule has 1 aliphatic heterocycles. The van der Waals surface area contributed by atoms with E-state index in [1.165, 1.54) is 48.9 Å². The van der Waals surface area contributed by atoms with Crippen molar-refractivity contribution in [3.63, 3.8) is 0 Å². The number of hydrogen-bond acceptors (Lipinski definition) is 12. The Morgan fingerprint density at radius 3 is 2.33 bits per heavy atom. The van der Waals surface area contributed by atoms with Crippen molar-refractivity contribution in [3.8, 4) is 11.4 Å². The number of aromatic nitrogens is 4. The van der Waals surface area contributed by atoms with Crippen LogP contribution < -0.4 is 0 Å². The molecule has 0 spiro atoms. The van der Waals surface area contributed by atoms with Gasteiger partial charge in [-0.1, -0.05) is 40.2 Å². The Kier molecular flexibility index (Phi) is 9.43. The van der Waals surface area contributed by atoms with Gasteiger partial charge in [0.05, 0.1) is 21.8 Å². The predicted octanol–water partition coefficient (Wildman–Crippen LogP) is 4.33. The Hall–Kier alpha value is -2.78. The van der Waals surface area contributed by atoms with Gasteiger partial charge in [-0.2, -0.15) is 0 Å². The predicted molar refractivity (Wildman–Crippen MR) is 139 cm³/mol. The number of thiazole rings is 1. The summed E-state index contributed by atoms with van der Waals surface area (Å²) in [5.74, 6) is -2.70. The van der Waals surface area contributed by atoms with Gasteiger partial charge in [0.25, 0.3) is 0 Å². The van der Waals surface area contributed by atoms with Gasteiger partial charge in [0.15, 0.2) is 18.0 Å². The van der Waals surface area contributed by atoms with Crippen LogP contribution in [0.1, 0.15) is 26.8 Å². The van der Waals surface area contributed by atoms with Crippen LogP contribution in [-0.4, -0.2) is 68.2 Å². The third kappa shape index (κ3) is 7.06. The average molecular weight is 619 g/mol. The fourth-order valence-corrected chi connectivity index (χ4v) is 6.24. The number of carbonyl (C=O) groups excluding carboxylic acids is 3. The summed E-state index contributed by atoms with van der Waals surface area (Å²) < 4.78 is 38.1. The van der Waals surface area contributed by atoms with Crippen molar-refractivity contribution in [2.24, 2.45) is 0 Å². The van der Waals surface area contributed by atoms with E-state index in [-0.39, 0.29) is 16.7 Å². The summed E-state index contributed by atoms with van der Waals surface area (Å²) in [6.07, 6.45) is -1.72. The Morgan fingerprint density at radius 1 is 1.08 bits per heavy atom. The van der Waals surface area contributed by atoms with E-state index < -0.39 is 53.5 Å². The molecule has 1 saturated heterocycles. The molecule has 39 heavy (non-hydrogen) atoms. The third-order valence-electron chi connectivity index (χ3n) is 5.39. The lowest BCUT2D eigenvalue weighted by Gasteiger charge is -2.44. The molecule has 1 fully saturated rings. The van der Waals surface area contributed by atoms with E-state index in [1.54, 1.807) is 17.1 Å². The molecule has 5 atom stereocenters. The molecule has 11 nitrogen and oxygen atoms in total. The number of carbonyl (C=O) groups is 3. The second-order valence-electron chi connectivity index (χ2n) is 8.26. The van der Waals surface area contributed by atoms with Crippen molar-refractivity contribution in [3.05, 3.63) is 45.1 Å². The minimum atomic E-state index is -1.13. The SMILES string of the molecule is CC(=O)OCC1OC(Sc2cc(Cl)c(F)c(Cl)c2)C(OC(C)=O)C(n2cc(-c3cscn3)nn2)C1OC(C)=O. The minimum absolute atomic E-state index is 0.222. The van der Waals surface area contributed by atoms with Gasteiger partial charge >= 0.3 is 17.9 Å². The van der Waals surface area contributed by atoms with Crippen LogP contribution in [0.5, 0.6) is 0 Å². The molecule has 0 aliphatic carbocycles. The lowest BCUT2D eigenvalue weighted by molar-refractivity contribution is -0.212. The molecule has 5 unspecified atom stereocenters. The molecule has 0 saturated carbocycles. The number of thioether (sulfide) groups is 1. The van der Waals surface area contributed by atoms with Gasteiger partial charge < -0.3 is 18.9 Å². The van der Waals surface area contributed by atoms with Crippen molar-refractivity contribution in [2.45, 2.75) is 55.5 Å². The first-order valence-electron chi connectivity index (χ1n) is 11.3. The van der Waals surface area contributed by atoms with E-state index in [4.69, 9.17) is 42.1 Å². The standard InChI is InChI=1S/C23H21Cl2FN4O7S2/c1-10(31)34-7-18-21(35-11(2)32)20(30-6-16(28-29-30)17-8-38-9-27-17)22(36-12(3)33)23(37-18)39-13-4-14(24)19(26)15(25)5-13/h4-6,8-9,18,20-23H,7H2,1-3H3. The van der Waals surface area contributed by atoms with Gasteiger partial charge in [0.1, 0.15) is 35.6 Å². The molecular formula is C23H21Cl2FN4O7S2. The summed E-state index contributed by atoms with van der Waals surface area (Å²) in [6.45, 7) is 3.33. The van der Waals surface area contributed by atoms with E-state index in [1.807, 2.05) is 0 Å². The average Bonchev–Trinajstić information content (AvgIpc) is 3.55. The molecule has 0 bridgehead atoms.